The molecule has 3 aromatic rings. The molecule has 6 heteroatoms. The van der Waals surface area contributed by atoms with Crippen LogP contribution in [0.2, 0.25) is 5.02 Å². The van der Waals surface area contributed by atoms with Crippen LogP contribution in [0.25, 0.3) is 22.0 Å². The predicted octanol–water partition coefficient (Wildman–Crippen LogP) is 5.47. The molecule has 2 aromatic carbocycles. The number of amides is 1. The third kappa shape index (κ3) is 4.26. The Kier molecular flexibility index (Phi) is 6.15. The predicted molar refractivity (Wildman–Crippen MR) is 135 cm³/mol. The van der Waals surface area contributed by atoms with Crippen molar-refractivity contribution in [2.45, 2.75) is 45.1 Å². The van der Waals surface area contributed by atoms with Gasteiger partial charge in [-0.05, 0) is 62.8 Å². The topological polar surface area (TPSA) is 56.4 Å². The number of aromatic nitrogens is 1. The van der Waals surface area contributed by atoms with Crippen LogP contribution in [0.5, 0.6) is 0 Å². The van der Waals surface area contributed by atoms with Gasteiger partial charge in [0.15, 0.2) is 0 Å². The maximum atomic E-state index is 13.4. The first-order valence-corrected chi connectivity index (χ1v) is 12.4. The Morgan fingerprint density at radius 2 is 1.85 bits per heavy atom. The number of rotatable bonds is 3. The van der Waals surface area contributed by atoms with E-state index in [4.69, 9.17) is 11.6 Å². The third-order valence-corrected chi connectivity index (χ3v) is 7.42. The molecule has 0 saturated carbocycles. The number of anilines is 1. The number of carbonyl (C=O) groups excluding carboxylic acids is 1. The summed E-state index contributed by atoms with van der Waals surface area (Å²) in [6.45, 7) is 4.33. The first kappa shape index (κ1) is 22.0. The Bertz CT molecular complexity index is 1220. The van der Waals surface area contributed by atoms with Crippen LogP contribution in [0.15, 0.2) is 53.3 Å². The lowest BCUT2D eigenvalue weighted by atomic mass is 9.92. The molecule has 0 aliphatic carbocycles. The first-order chi connectivity index (χ1) is 16.0. The molecule has 3 heterocycles. The van der Waals surface area contributed by atoms with Crippen LogP contribution in [-0.4, -0.2) is 41.5 Å². The highest BCUT2D eigenvalue weighted by atomic mass is 35.5. The normalized spacial score (nSPS) is 21.4. The Morgan fingerprint density at radius 3 is 2.64 bits per heavy atom. The molecule has 33 heavy (non-hydrogen) atoms. The van der Waals surface area contributed by atoms with Gasteiger partial charge in [0.1, 0.15) is 5.69 Å². The van der Waals surface area contributed by atoms with Crippen molar-refractivity contribution in [3.05, 3.63) is 63.9 Å². The fourth-order valence-corrected chi connectivity index (χ4v) is 5.67. The van der Waals surface area contributed by atoms with Crippen molar-refractivity contribution in [3.63, 3.8) is 0 Å². The molecule has 1 amide bonds. The Balaban J connectivity index is 1.57. The molecule has 2 aliphatic rings. The molecular weight excluding hydrogens is 434 g/mol. The number of likely N-dealkylation sites (tertiary alicyclic amines) is 1. The number of hydrogen-bond acceptors (Lipinski definition) is 3. The van der Waals surface area contributed by atoms with E-state index in [0.29, 0.717) is 23.3 Å². The van der Waals surface area contributed by atoms with Gasteiger partial charge in [-0.2, -0.15) is 0 Å². The summed E-state index contributed by atoms with van der Waals surface area (Å²) in [5.74, 6) is 0.158. The second-order valence-electron chi connectivity index (χ2n) is 9.40. The zero-order valence-electron chi connectivity index (χ0n) is 19.0. The van der Waals surface area contributed by atoms with E-state index in [1.54, 1.807) is 6.07 Å². The molecule has 2 atom stereocenters. The number of pyridine rings is 1. The van der Waals surface area contributed by atoms with E-state index >= 15 is 0 Å². The standard InChI is InChI=1S/C27H30ClN3O2/c1-18-8-5-6-15-31(18)27(33)20-11-7-14-30(17-20)25-24(19-9-3-2-4-10-19)22-16-21(28)12-13-23(22)29-26(25)32/h2-4,9-10,12-13,16,18,20H,5-8,11,14-15,17H2,1H3,(H,29,32)/t18-,20+/m1/s1. The van der Waals surface area contributed by atoms with Crippen molar-refractivity contribution in [1.29, 1.82) is 0 Å². The van der Waals surface area contributed by atoms with Crippen LogP contribution in [0.3, 0.4) is 0 Å². The molecule has 5 nitrogen and oxygen atoms in total. The number of halogens is 1. The fourth-order valence-electron chi connectivity index (χ4n) is 5.50. The number of benzene rings is 2. The summed E-state index contributed by atoms with van der Waals surface area (Å²) >= 11 is 6.36. The summed E-state index contributed by atoms with van der Waals surface area (Å²) in [6.07, 6.45) is 5.11. The maximum Gasteiger partial charge on any atom is 0.272 e. The summed E-state index contributed by atoms with van der Waals surface area (Å²) in [4.78, 5) is 34.1. The quantitative estimate of drug-likeness (QED) is 0.560. The van der Waals surface area contributed by atoms with Crippen molar-refractivity contribution in [3.8, 4) is 11.1 Å². The maximum absolute atomic E-state index is 13.4. The van der Waals surface area contributed by atoms with Gasteiger partial charge in [-0.1, -0.05) is 41.9 Å². The number of carbonyl (C=O) groups is 1. The molecular formula is C27H30ClN3O2. The second-order valence-corrected chi connectivity index (χ2v) is 9.83. The van der Waals surface area contributed by atoms with Gasteiger partial charge in [0.2, 0.25) is 5.91 Å². The van der Waals surface area contributed by atoms with Crippen LogP contribution in [0.4, 0.5) is 5.69 Å². The smallest absolute Gasteiger partial charge is 0.272 e. The van der Waals surface area contributed by atoms with E-state index in [-0.39, 0.29) is 17.4 Å². The minimum Gasteiger partial charge on any atom is -0.366 e. The number of nitrogens with zero attached hydrogens (tertiary/aromatic N) is 2. The molecule has 2 fully saturated rings. The van der Waals surface area contributed by atoms with E-state index in [0.717, 1.165) is 60.8 Å². The van der Waals surface area contributed by atoms with E-state index in [1.807, 2.05) is 42.5 Å². The van der Waals surface area contributed by atoms with Gasteiger partial charge in [-0.3, -0.25) is 9.59 Å². The van der Waals surface area contributed by atoms with Crippen molar-refractivity contribution >= 4 is 34.1 Å². The van der Waals surface area contributed by atoms with Crippen molar-refractivity contribution in [2.24, 2.45) is 5.92 Å². The van der Waals surface area contributed by atoms with Crippen molar-refractivity contribution < 1.29 is 4.79 Å². The van der Waals surface area contributed by atoms with Gasteiger partial charge in [0, 0.05) is 47.2 Å². The monoisotopic (exact) mass is 463 g/mol. The van der Waals surface area contributed by atoms with Crippen LogP contribution in [-0.2, 0) is 4.79 Å². The lowest BCUT2D eigenvalue weighted by Gasteiger charge is -2.40. The summed E-state index contributed by atoms with van der Waals surface area (Å²) in [7, 11) is 0. The average Bonchev–Trinajstić information content (AvgIpc) is 2.84. The highest BCUT2D eigenvalue weighted by molar-refractivity contribution is 6.31. The molecule has 0 bridgehead atoms. The summed E-state index contributed by atoms with van der Waals surface area (Å²) < 4.78 is 0. The highest BCUT2D eigenvalue weighted by Crippen LogP contribution is 2.37. The van der Waals surface area contributed by atoms with E-state index in [2.05, 4.69) is 21.7 Å². The lowest BCUT2D eigenvalue weighted by molar-refractivity contribution is -0.139. The van der Waals surface area contributed by atoms with E-state index in [9.17, 15) is 9.59 Å². The highest BCUT2D eigenvalue weighted by Gasteiger charge is 2.34. The number of piperidine rings is 2. The number of nitrogens with one attached hydrogen (secondary N) is 1. The van der Waals surface area contributed by atoms with E-state index < -0.39 is 0 Å². The van der Waals surface area contributed by atoms with Gasteiger partial charge >= 0.3 is 0 Å². The van der Waals surface area contributed by atoms with Gasteiger partial charge in [-0.15, -0.1) is 0 Å². The van der Waals surface area contributed by atoms with Crippen molar-refractivity contribution in [1.82, 2.24) is 9.88 Å². The molecule has 172 valence electrons. The first-order valence-electron chi connectivity index (χ1n) is 12.0. The Labute approximate surface area is 199 Å². The van der Waals surface area contributed by atoms with Crippen LogP contribution < -0.4 is 10.5 Å². The molecule has 0 radical (unpaired) electrons. The zero-order valence-corrected chi connectivity index (χ0v) is 19.8. The number of hydrogen-bond donors (Lipinski definition) is 1. The molecule has 0 unspecified atom stereocenters. The SMILES string of the molecule is C[C@@H]1CCCCN1C(=O)[C@H]1CCCN(c2c(-c3ccccc3)c3cc(Cl)ccc3[nH]c2=O)C1. The molecule has 2 aliphatic heterocycles. The summed E-state index contributed by atoms with van der Waals surface area (Å²) in [6, 6.07) is 15.9. The molecule has 1 aromatic heterocycles. The summed E-state index contributed by atoms with van der Waals surface area (Å²) in [5, 5.41) is 1.55. The number of H-pyrrole nitrogens is 1. The van der Waals surface area contributed by atoms with Crippen molar-refractivity contribution in [2.75, 3.05) is 24.5 Å². The molecule has 2 saturated heterocycles. The van der Waals surface area contributed by atoms with Gasteiger partial charge in [0.05, 0.1) is 5.92 Å². The minimum absolute atomic E-state index is 0.0858. The largest absolute Gasteiger partial charge is 0.366 e. The molecule has 0 spiro atoms. The number of fused-ring (bicyclic) bond motifs is 1. The Morgan fingerprint density at radius 1 is 1.03 bits per heavy atom. The van der Waals surface area contributed by atoms with Gasteiger partial charge in [-0.25, -0.2) is 0 Å². The molecule has 1 N–H and O–H groups in total. The molecule has 5 rings (SSSR count). The average molecular weight is 464 g/mol. The lowest BCUT2D eigenvalue weighted by Crippen LogP contribution is -2.50. The zero-order chi connectivity index (χ0) is 22.9. The van der Waals surface area contributed by atoms with Gasteiger partial charge in [0.25, 0.3) is 5.56 Å². The van der Waals surface area contributed by atoms with Gasteiger partial charge < -0.3 is 14.8 Å². The third-order valence-electron chi connectivity index (χ3n) is 7.19. The Hall–Kier alpha value is -2.79. The number of aromatic amines is 1. The van der Waals surface area contributed by atoms with Crippen LogP contribution >= 0.6 is 11.6 Å². The van der Waals surface area contributed by atoms with E-state index in [1.165, 1.54) is 6.42 Å². The minimum atomic E-state index is -0.122. The van der Waals surface area contributed by atoms with Crippen LogP contribution in [0.1, 0.15) is 39.0 Å². The van der Waals surface area contributed by atoms with Crippen LogP contribution in [0, 0.1) is 5.92 Å². The second kappa shape index (κ2) is 9.22. The summed E-state index contributed by atoms with van der Waals surface area (Å²) in [5.41, 5.74) is 3.14. The fraction of sp³-hybridized carbons (Fsp3) is 0.407.